The normalized spacial score (nSPS) is 32.7. The summed E-state index contributed by atoms with van der Waals surface area (Å²) in [5.41, 5.74) is 1.11. The van der Waals surface area contributed by atoms with E-state index in [1.54, 1.807) is 12.1 Å². The van der Waals surface area contributed by atoms with Crippen LogP contribution in [0.5, 0.6) is 0 Å². The third-order valence-corrected chi connectivity index (χ3v) is 7.09. The summed E-state index contributed by atoms with van der Waals surface area (Å²) in [5.74, 6) is -1.27. The van der Waals surface area contributed by atoms with E-state index >= 15 is 0 Å². The first kappa shape index (κ1) is 16.4. The van der Waals surface area contributed by atoms with Crippen molar-refractivity contribution < 1.29 is 13.6 Å². The van der Waals surface area contributed by atoms with Gasteiger partial charge in [0.1, 0.15) is 0 Å². The minimum Gasteiger partial charge on any atom is -0.333 e. The van der Waals surface area contributed by atoms with Crippen LogP contribution in [-0.4, -0.2) is 47.4 Å². The zero-order valence-corrected chi connectivity index (χ0v) is 15.1. The average molecular weight is 374 g/mol. The number of benzene rings is 1. The predicted octanol–water partition coefficient (Wildman–Crippen LogP) is 3.73. The molecule has 4 aliphatic rings. The van der Waals surface area contributed by atoms with Gasteiger partial charge in [-0.25, -0.2) is 8.78 Å². The second-order valence-corrected chi connectivity index (χ2v) is 8.35. The Bertz CT molecular complexity index is 832. The maximum atomic E-state index is 14.6. The van der Waals surface area contributed by atoms with Gasteiger partial charge in [0.2, 0.25) is 0 Å². The van der Waals surface area contributed by atoms with Gasteiger partial charge in [-0.1, -0.05) is 12.1 Å². The van der Waals surface area contributed by atoms with Crippen molar-refractivity contribution in [1.82, 2.24) is 9.80 Å². The topological polar surface area (TPSA) is 23.6 Å². The number of piperidine rings is 3. The predicted molar refractivity (Wildman–Crippen MR) is 96.3 cm³/mol. The van der Waals surface area contributed by atoms with Gasteiger partial charge in [-0.05, 0) is 54.9 Å². The number of carbonyl (C=O) groups excluding carboxylic acids is 1. The Labute approximate surface area is 155 Å². The molecule has 136 valence electrons. The van der Waals surface area contributed by atoms with Gasteiger partial charge in [-0.2, -0.15) is 11.3 Å². The highest BCUT2D eigenvalue weighted by Crippen LogP contribution is 2.47. The number of amides is 1. The lowest BCUT2D eigenvalue weighted by atomic mass is 9.75. The molecule has 1 aromatic carbocycles. The van der Waals surface area contributed by atoms with E-state index in [-0.39, 0.29) is 23.9 Å². The zero-order valence-electron chi connectivity index (χ0n) is 14.3. The van der Waals surface area contributed by atoms with Crippen molar-refractivity contribution in [3.8, 4) is 0 Å². The van der Waals surface area contributed by atoms with E-state index in [9.17, 15) is 13.6 Å². The maximum Gasteiger partial charge on any atom is 0.255 e. The fraction of sp³-hybridized carbons (Fsp3) is 0.450. The number of rotatable bonds is 2. The van der Waals surface area contributed by atoms with E-state index in [0.29, 0.717) is 23.6 Å². The van der Waals surface area contributed by atoms with Crippen molar-refractivity contribution in [3.05, 3.63) is 57.8 Å². The molecule has 0 spiro atoms. The quantitative estimate of drug-likeness (QED) is 0.800. The van der Waals surface area contributed by atoms with Gasteiger partial charge in [0.25, 0.3) is 5.91 Å². The van der Waals surface area contributed by atoms with E-state index in [2.05, 4.69) is 4.90 Å². The van der Waals surface area contributed by atoms with Crippen LogP contribution >= 0.6 is 11.3 Å². The largest absolute Gasteiger partial charge is 0.333 e. The summed E-state index contributed by atoms with van der Waals surface area (Å²) in [6, 6.07) is 6.44. The molecule has 1 amide bonds. The van der Waals surface area contributed by atoms with E-state index < -0.39 is 11.6 Å². The number of fused-ring (bicyclic) bond motifs is 2. The van der Waals surface area contributed by atoms with Gasteiger partial charge in [-0.3, -0.25) is 9.69 Å². The van der Waals surface area contributed by atoms with Crippen LogP contribution in [0.15, 0.2) is 35.0 Å². The molecule has 4 saturated heterocycles. The van der Waals surface area contributed by atoms with Crippen molar-refractivity contribution in [2.45, 2.75) is 30.8 Å². The van der Waals surface area contributed by atoms with Crippen LogP contribution in [0.2, 0.25) is 0 Å². The number of carbonyl (C=O) groups is 1. The molecule has 4 fully saturated rings. The molecule has 4 aliphatic heterocycles. The summed E-state index contributed by atoms with van der Waals surface area (Å²) < 4.78 is 28.4. The number of likely N-dealkylation sites (tertiary alicyclic amines) is 1. The van der Waals surface area contributed by atoms with Crippen molar-refractivity contribution in [2.75, 3.05) is 19.6 Å². The molecule has 0 saturated carbocycles. The molecule has 26 heavy (non-hydrogen) atoms. The van der Waals surface area contributed by atoms with Crippen LogP contribution in [-0.2, 0) is 0 Å². The number of thiophene rings is 1. The van der Waals surface area contributed by atoms with Gasteiger partial charge in [0, 0.05) is 23.9 Å². The van der Waals surface area contributed by atoms with Gasteiger partial charge >= 0.3 is 0 Å². The van der Waals surface area contributed by atoms with Gasteiger partial charge in [0.05, 0.1) is 11.6 Å². The Morgan fingerprint density at radius 2 is 1.92 bits per heavy atom. The summed E-state index contributed by atoms with van der Waals surface area (Å²) in [5, 5.41) is 3.77. The van der Waals surface area contributed by atoms with E-state index in [1.165, 1.54) is 11.3 Å². The monoisotopic (exact) mass is 374 g/mol. The molecular weight excluding hydrogens is 354 g/mol. The highest BCUT2D eigenvalue weighted by Gasteiger charge is 2.55. The van der Waals surface area contributed by atoms with Crippen LogP contribution in [0, 0.1) is 17.6 Å². The van der Waals surface area contributed by atoms with Crippen LogP contribution in [0.3, 0.4) is 0 Å². The Morgan fingerprint density at radius 1 is 1.12 bits per heavy atom. The van der Waals surface area contributed by atoms with Crippen LogP contribution in [0.1, 0.15) is 34.7 Å². The lowest BCUT2D eigenvalue weighted by Gasteiger charge is -2.51. The molecule has 0 radical (unpaired) electrons. The number of halogens is 2. The van der Waals surface area contributed by atoms with E-state index in [4.69, 9.17) is 0 Å². The first-order valence-corrected chi connectivity index (χ1v) is 10.1. The second-order valence-electron chi connectivity index (χ2n) is 7.57. The third-order valence-electron chi connectivity index (χ3n) is 6.40. The van der Waals surface area contributed by atoms with Crippen molar-refractivity contribution >= 4 is 17.2 Å². The average Bonchev–Trinajstić information content (AvgIpc) is 3.33. The first-order valence-electron chi connectivity index (χ1n) is 9.16. The molecule has 0 aliphatic carbocycles. The van der Waals surface area contributed by atoms with Crippen molar-refractivity contribution in [2.24, 2.45) is 5.92 Å². The summed E-state index contributed by atoms with van der Waals surface area (Å²) >= 11 is 1.51. The van der Waals surface area contributed by atoms with Gasteiger partial charge in [-0.15, -0.1) is 0 Å². The fourth-order valence-electron chi connectivity index (χ4n) is 5.29. The molecule has 3 nitrogen and oxygen atoms in total. The zero-order chi connectivity index (χ0) is 17.8. The lowest BCUT2D eigenvalue weighted by molar-refractivity contribution is -0.00357. The van der Waals surface area contributed by atoms with Gasteiger partial charge < -0.3 is 4.90 Å². The molecule has 6 heteroatoms. The molecule has 5 heterocycles. The number of hydrogen-bond acceptors (Lipinski definition) is 3. The molecule has 1 aromatic heterocycles. The van der Waals surface area contributed by atoms with Gasteiger partial charge in [0.15, 0.2) is 11.6 Å². The summed E-state index contributed by atoms with van der Waals surface area (Å²) in [4.78, 5) is 17.4. The van der Waals surface area contributed by atoms with Crippen LogP contribution < -0.4 is 0 Å². The van der Waals surface area contributed by atoms with Crippen molar-refractivity contribution in [3.63, 3.8) is 0 Å². The van der Waals surface area contributed by atoms with Crippen LogP contribution in [0.4, 0.5) is 8.78 Å². The molecule has 6 rings (SSSR count). The maximum absolute atomic E-state index is 14.6. The number of nitrogens with zero attached hydrogens (tertiary/aromatic N) is 2. The van der Waals surface area contributed by atoms with E-state index in [1.807, 2.05) is 21.7 Å². The standard InChI is InChI=1S/C20H20F2N2OS/c21-16-3-1-2-14(17(16)22)15-10-24(20(25)13-6-9-26-11-13)18-12-4-7-23(8-5-12)19(15)18/h1-3,6,9,11-12,15,18-19H,4-5,7-8,10H2/t15-,18-,19-/m1/s1. The third kappa shape index (κ3) is 2.35. The summed E-state index contributed by atoms with van der Waals surface area (Å²) in [6.45, 7) is 2.43. The van der Waals surface area contributed by atoms with E-state index in [0.717, 1.165) is 32.0 Å². The highest BCUT2D eigenvalue weighted by atomic mass is 32.1. The SMILES string of the molecule is O=C(c1ccsc1)N1C[C@H](c2cccc(F)c2F)[C@@H]2[C@H]1C1CCN2CC1. The minimum atomic E-state index is -0.808. The lowest BCUT2D eigenvalue weighted by Crippen LogP contribution is -2.60. The Kier molecular flexibility index (Phi) is 3.87. The summed E-state index contributed by atoms with van der Waals surface area (Å²) in [6.07, 6.45) is 2.15. The van der Waals surface area contributed by atoms with Crippen molar-refractivity contribution in [1.29, 1.82) is 0 Å². The molecule has 2 bridgehead atoms. The molecular formula is C20H20F2N2OS. The Balaban J connectivity index is 1.57. The fourth-order valence-corrected chi connectivity index (χ4v) is 5.92. The second kappa shape index (κ2) is 6.13. The Hall–Kier alpha value is -1.79. The molecule has 0 N–H and O–H groups in total. The Morgan fingerprint density at radius 3 is 2.65 bits per heavy atom. The molecule has 2 aromatic rings. The number of hydrogen-bond donors (Lipinski definition) is 0. The first-order chi connectivity index (χ1) is 12.6. The smallest absolute Gasteiger partial charge is 0.255 e. The molecule has 0 unspecified atom stereocenters. The van der Waals surface area contributed by atoms with Crippen LogP contribution in [0.25, 0.3) is 0 Å². The highest BCUT2D eigenvalue weighted by molar-refractivity contribution is 7.08. The molecule has 3 atom stereocenters. The minimum absolute atomic E-state index is 0.0225. The summed E-state index contributed by atoms with van der Waals surface area (Å²) in [7, 11) is 0.